The van der Waals surface area contributed by atoms with Crippen LogP contribution in [0, 0.1) is 5.82 Å². The molecule has 1 N–H and O–H groups in total. The third kappa shape index (κ3) is 4.21. The summed E-state index contributed by atoms with van der Waals surface area (Å²) in [6.07, 6.45) is 1.46. The molecule has 0 fully saturated rings. The van der Waals surface area contributed by atoms with Crippen LogP contribution < -0.4 is 0 Å². The normalized spacial score (nSPS) is 11.7. The summed E-state index contributed by atoms with van der Waals surface area (Å²) < 4.78 is 37.9. The summed E-state index contributed by atoms with van der Waals surface area (Å²) in [5, 5.41) is 8.84. The van der Waals surface area contributed by atoms with Crippen LogP contribution in [0.3, 0.4) is 0 Å². The maximum Gasteiger partial charge on any atom is 0.218 e. The van der Waals surface area contributed by atoms with Crippen molar-refractivity contribution in [3.63, 3.8) is 0 Å². The highest BCUT2D eigenvalue weighted by molar-refractivity contribution is 7.88. The van der Waals surface area contributed by atoms with E-state index in [0.717, 1.165) is 4.31 Å². The molecular formula is C12H16FNO3S. The zero-order chi connectivity index (χ0) is 13.6. The number of halogens is 1. The van der Waals surface area contributed by atoms with Crippen LogP contribution in [0.1, 0.15) is 5.56 Å². The summed E-state index contributed by atoms with van der Waals surface area (Å²) in [5.74, 6) is -0.629. The molecule has 0 saturated heterocycles. The van der Waals surface area contributed by atoms with Crippen LogP contribution in [-0.2, 0) is 15.8 Å². The summed E-state index contributed by atoms with van der Waals surface area (Å²) in [6.45, 7) is 3.39. The van der Waals surface area contributed by atoms with Crippen LogP contribution in [0.25, 0.3) is 0 Å². The molecule has 18 heavy (non-hydrogen) atoms. The number of hydrogen-bond acceptors (Lipinski definition) is 3. The van der Waals surface area contributed by atoms with Crippen LogP contribution in [0.15, 0.2) is 36.9 Å². The predicted molar refractivity (Wildman–Crippen MR) is 67.9 cm³/mol. The Morgan fingerprint density at radius 1 is 1.33 bits per heavy atom. The Bertz CT molecular complexity index is 485. The lowest BCUT2D eigenvalue weighted by atomic mass is 10.2. The zero-order valence-corrected chi connectivity index (χ0v) is 10.7. The van der Waals surface area contributed by atoms with Crippen LogP contribution in [-0.4, -0.2) is 37.5 Å². The van der Waals surface area contributed by atoms with Gasteiger partial charge in [0.15, 0.2) is 0 Å². The van der Waals surface area contributed by atoms with Gasteiger partial charge in [0.1, 0.15) is 5.82 Å². The highest BCUT2D eigenvalue weighted by Gasteiger charge is 2.20. The fraction of sp³-hybridized carbons (Fsp3) is 0.333. The van der Waals surface area contributed by atoms with E-state index in [4.69, 9.17) is 5.11 Å². The molecule has 0 aliphatic rings. The second-order valence-electron chi connectivity index (χ2n) is 3.75. The number of aliphatic hydroxyl groups excluding tert-OH is 1. The molecule has 1 aromatic carbocycles. The molecule has 0 aliphatic carbocycles. The Kier molecular flexibility index (Phi) is 5.46. The van der Waals surface area contributed by atoms with Crippen molar-refractivity contribution in [3.05, 3.63) is 48.3 Å². The van der Waals surface area contributed by atoms with Gasteiger partial charge in [-0.1, -0.05) is 18.2 Å². The van der Waals surface area contributed by atoms with Crippen molar-refractivity contribution >= 4 is 10.0 Å². The molecule has 100 valence electrons. The molecular weight excluding hydrogens is 257 g/mol. The maximum absolute atomic E-state index is 12.7. The van der Waals surface area contributed by atoms with E-state index in [0.29, 0.717) is 5.56 Å². The largest absolute Gasteiger partial charge is 0.395 e. The minimum atomic E-state index is -3.53. The van der Waals surface area contributed by atoms with E-state index < -0.39 is 15.8 Å². The van der Waals surface area contributed by atoms with Crippen molar-refractivity contribution in [2.24, 2.45) is 0 Å². The number of benzene rings is 1. The van der Waals surface area contributed by atoms with Gasteiger partial charge in [0.25, 0.3) is 0 Å². The smallest absolute Gasteiger partial charge is 0.218 e. The minimum absolute atomic E-state index is 0.0234. The van der Waals surface area contributed by atoms with Gasteiger partial charge in [-0.2, -0.15) is 4.31 Å². The zero-order valence-electron chi connectivity index (χ0n) is 9.92. The molecule has 0 atom stereocenters. The molecule has 1 aromatic rings. The third-order valence-corrected chi connectivity index (χ3v) is 4.15. The molecule has 0 heterocycles. The van der Waals surface area contributed by atoms with E-state index in [-0.39, 0.29) is 25.4 Å². The molecule has 1 rings (SSSR count). The summed E-state index contributed by atoms with van der Waals surface area (Å²) in [5.41, 5.74) is 0.503. The number of nitrogens with zero attached hydrogens (tertiary/aromatic N) is 1. The Labute approximate surface area is 106 Å². The summed E-state index contributed by atoms with van der Waals surface area (Å²) >= 11 is 0. The Balaban J connectivity index is 2.84. The molecule has 0 saturated carbocycles. The average Bonchev–Trinajstić information content (AvgIpc) is 2.32. The lowest BCUT2D eigenvalue weighted by Gasteiger charge is -2.19. The van der Waals surface area contributed by atoms with Gasteiger partial charge in [0.05, 0.1) is 12.4 Å². The van der Waals surface area contributed by atoms with Gasteiger partial charge < -0.3 is 5.11 Å². The van der Waals surface area contributed by atoms with Crippen molar-refractivity contribution in [2.75, 3.05) is 19.7 Å². The first-order valence-corrected chi connectivity index (χ1v) is 7.04. The van der Waals surface area contributed by atoms with Crippen molar-refractivity contribution in [1.29, 1.82) is 0 Å². The summed E-state index contributed by atoms with van der Waals surface area (Å²) in [6, 6.07) is 5.29. The molecule has 4 nitrogen and oxygen atoms in total. The monoisotopic (exact) mass is 273 g/mol. The second kappa shape index (κ2) is 6.63. The van der Waals surface area contributed by atoms with Crippen molar-refractivity contribution in [2.45, 2.75) is 5.75 Å². The summed E-state index contributed by atoms with van der Waals surface area (Å²) in [7, 11) is -3.53. The Morgan fingerprint density at radius 3 is 2.44 bits per heavy atom. The van der Waals surface area contributed by atoms with Gasteiger partial charge in [-0.25, -0.2) is 12.8 Å². The quantitative estimate of drug-likeness (QED) is 0.758. The third-order valence-electron chi connectivity index (χ3n) is 2.34. The predicted octanol–water partition coefficient (Wildman–Crippen LogP) is 1.14. The van der Waals surface area contributed by atoms with Crippen LogP contribution in [0.4, 0.5) is 4.39 Å². The topological polar surface area (TPSA) is 57.6 Å². The van der Waals surface area contributed by atoms with Gasteiger partial charge >= 0.3 is 0 Å². The lowest BCUT2D eigenvalue weighted by Crippen LogP contribution is -2.34. The number of aliphatic hydroxyl groups is 1. The van der Waals surface area contributed by atoms with Gasteiger partial charge in [-0.15, -0.1) is 6.58 Å². The second-order valence-corrected chi connectivity index (χ2v) is 5.72. The van der Waals surface area contributed by atoms with Crippen LogP contribution in [0.2, 0.25) is 0 Å². The van der Waals surface area contributed by atoms with E-state index in [9.17, 15) is 12.8 Å². The van der Waals surface area contributed by atoms with Crippen LogP contribution in [0.5, 0.6) is 0 Å². The van der Waals surface area contributed by atoms with Gasteiger partial charge in [0, 0.05) is 13.1 Å². The van der Waals surface area contributed by atoms with E-state index in [1.54, 1.807) is 0 Å². The van der Waals surface area contributed by atoms with Crippen molar-refractivity contribution in [1.82, 2.24) is 4.31 Å². The van der Waals surface area contributed by atoms with Gasteiger partial charge in [-0.05, 0) is 17.7 Å². The number of rotatable bonds is 7. The first-order valence-electron chi connectivity index (χ1n) is 5.43. The average molecular weight is 273 g/mol. The maximum atomic E-state index is 12.7. The minimum Gasteiger partial charge on any atom is -0.395 e. The molecule has 0 unspecified atom stereocenters. The molecule has 0 aromatic heterocycles. The van der Waals surface area contributed by atoms with Crippen LogP contribution >= 0.6 is 0 Å². The fourth-order valence-corrected chi connectivity index (χ4v) is 2.97. The number of sulfonamides is 1. The molecule has 0 bridgehead atoms. The fourth-order valence-electron chi connectivity index (χ4n) is 1.48. The molecule has 0 aliphatic heterocycles. The highest BCUT2D eigenvalue weighted by atomic mass is 32.2. The summed E-state index contributed by atoms with van der Waals surface area (Å²) in [4.78, 5) is 0. The first-order chi connectivity index (χ1) is 8.49. The van der Waals surface area contributed by atoms with Gasteiger partial charge in [-0.3, -0.25) is 0 Å². The molecule has 0 radical (unpaired) electrons. The van der Waals surface area contributed by atoms with E-state index in [1.807, 2.05) is 0 Å². The first kappa shape index (κ1) is 14.8. The standard InChI is InChI=1S/C12H16FNO3S/c1-2-7-14(8-9-15)18(16,17)10-11-3-5-12(13)6-4-11/h2-6,15H,1,7-10H2. The van der Waals surface area contributed by atoms with E-state index >= 15 is 0 Å². The highest BCUT2D eigenvalue weighted by Crippen LogP contribution is 2.11. The van der Waals surface area contributed by atoms with Gasteiger partial charge in [0.2, 0.25) is 10.0 Å². The SMILES string of the molecule is C=CCN(CCO)S(=O)(=O)Cc1ccc(F)cc1. The molecule has 0 amide bonds. The molecule has 6 heteroatoms. The van der Waals surface area contributed by atoms with Crippen molar-refractivity contribution in [3.8, 4) is 0 Å². The molecule has 0 spiro atoms. The Morgan fingerprint density at radius 2 is 1.94 bits per heavy atom. The van der Waals surface area contributed by atoms with Crippen molar-refractivity contribution < 1.29 is 17.9 Å². The Hall–Kier alpha value is -1.24. The van der Waals surface area contributed by atoms with E-state index in [2.05, 4.69) is 6.58 Å². The lowest BCUT2D eigenvalue weighted by molar-refractivity contribution is 0.260. The van der Waals surface area contributed by atoms with E-state index in [1.165, 1.54) is 30.3 Å². The number of hydrogen-bond donors (Lipinski definition) is 1.